The van der Waals surface area contributed by atoms with Crippen LogP contribution in [-0.2, 0) is 94.9 Å². The third kappa shape index (κ3) is 35.9. The molecule has 0 bridgehead atoms. The zero-order chi connectivity index (χ0) is 84.5. The maximum absolute atomic E-state index is 13.0. The molecule has 0 aromatic heterocycles. The van der Waals surface area contributed by atoms with Crippen molar-refractivity contribution in [2.45, 2.75) is 244 Å². The summed E-state index contributed by atoms with van der Waals surface area (Å²) in [7, 11) is -3.99. The van der Waals surface area contributed by atoms with Crippen LogP contribution in [0.1, 0.15) is 181 Å². The molecule has 6 atom stereocenters. The molecule has 0 radical (unpaired) electrons. The summed E-state index contributed by atoms with van der Waals surface area (Å²) in [5.74, 6) is -2.99. The van der Waals surface area contributed by atoms with Gasteiger partial charge in [-0.1, -0.05) is 194 Å². The summed E-state index contributed by atoms with van der Waals surface area (Å²) in [5.41, 5.74) is 4.60. The largest absolute Gasteiger partial charge is 0.352 e. The number of Topliss-reactive ketones (excluding diaryl/α,β-unsaturated/α-hetero) is 3. The third-order valence-corrected chi connectivity index (χ3v) is 19.9. The molecule has 0 saturated heterocycles. The maximum Gasteiger partial charge on any atom is 0.240 e. The molecule has 0 aliphatic heterocycles. The lowest BCUT2D eigenvalue weighted by molar-refractivity contribution is -0.130. The van der Waals surface area contributed by atoms with Crippen LogP contribution in [0.2, 0.25) is 0 Å². The van der Waals surface area contributed by atoms with Gasteiger partial charge in [0.05, 0.1) is 23.0 Å². The molecule has 0 heterocycles. The first kappa shape index (κ1) is 92.8. The van der Waals surface area contributed by atoms with Crippen LogP contribution in [0.15, 0.2) is 205 Å². The molecule has 115 heavy (non-hydrogen) atoms. The molecule has 0 aliphatic carbocycles. The number of sulfonamides is 1. The minimum atomic E-state index is -3.99. The summed E-state index contributed by atoms with van der Waals surface area (Å²) in [4.78, 5) is 140. The Morgan fingerprint density at radius 3 is 1.00 bits per heavy atom. The number of benzene rings is 8. The average molecular weight is 1590 g/mol. The van der Waals surface area contributed by atoms with Crippen LogP contribution in [0, 0.1) is 6.92 Å². The van der Waals surface area contributed by atoms with Crippen LogP contribution in [0.5, 0.6) is 0 Å². The molecular formula is C92H117N9O13S. The molecule has 0 saturated carbocycles. The molecule has 8 amide bonds. The van der Waals surface area contributed by atoms with E-state index in [1.807, 2.05) is 245 Å². The first-order chi connectivity index (χ1) is 54.2. The molecular weight excluding hydrogens is 1470 g/mol. The maximum atomic E-state index is 13.0. The summed E-state index contributed by atoms with van der Waals surface area (Å²) in [6, 6.07) is 58.5. The summed E-state index contributed by atoms with van der Waals surface area (Å²) in [6.45, 7) is 23.4. The second-order valence-electron chi connectivity index (χ2n) is 32.5. The Morgan fingerprint density at radius 1 is 0.313 bits per heavy atom. The quantitative estimate of drug-likeness (QED) is 0.0175. The molecule has 0 fully saturated rings. The van der Waals surface area contributed by atoms with Crippen LogP contribution < -0.4 is 47.3 Å². The van der Waals surface area contributed by atoms with Crippen LogP contribution in [0.4, 0.5) is 0 Å². The number of carbonyl (C=O) groups is 11. The van der Waals surface area contributed by atoms with Gasteiger partial charge in [0, 0.05) is 105 Å². The zero-order valence-corrected chi connectivity index (χ0v) is 69.7. The lowest BCUT2D eigenvalue weighted by atomic mass is 9.98. The molecule has 0 spiro atoms. The normalized spacial score (nSPS) is 13.0. The van der Waals surface area contributed by atoms with Crippen molar-refractivity contribution in [1.82, 2.24) is 47.3 Å². The van der Waals surface area contributed by atoms with Crippen molar-refractivity contribution in [3.63, 3.8) is 0 Å². The van der Waals surface area contributed by atoms with E-state index in [4.69, 9.17) is 0 Å². The zero-order valence-electron chi connectivity index (χ0n) is 68.8. The van der Waals surface area contributed by atoms with Gasteiger partial charge in [0.25, 0.3) is 0 Å². The van der Waals surface area contributed by atoms with Gasteiger partial charge >= 0.3 is 0 Å². The van der Waals surface area contributed by atoms with Gasteiger partial charge in [0.1, 0.15) is 0 Å². The molecule has 8 aromatic rings. The van der Waals surface area contributed by atoms with Gasteiger partial charge in [-0.25, -0.2) is 13.1 Å². The molecule has 0 unspecified atom stereocenters. The highest BCUT2D eigenvalue weighted by atomic mass is 32.2. The van der Waals surface area contributed by atoms with Crippen molar-refractivity contribution in [2.24, 2.45) is 0 Å². The van der Waals surface area contributed by atoms with E-state index < -0.39 is 80.6 Å². The van der Waals surface area contributed by atoms with E-state index >= 15 is 0 Å². The Hall–Kier alpha value is -11.0. The summed E-state index contributed by atoms with van der Waals surface area (Å²) in [5, 5.41) is 26.8. The fourth-order valence-corrected chi connectivity index (χ4v) is 14.0. The number of aryl methyl sites for hydroxylation is 5. The molecule has 614 valence electrons. The summed E-state index contributed by atoms with van der Waals surface area (Å²) >= 11 is 0. The molecule has 9 N–H and O–H groups in total. The fraction of sp³-hybridized carbons (Fsp3) is 0.402. The number of nitrogens with one attached hydrogen (secondary N) is 9. The molecule has 0 aliphatic rings. The molecule has 22 nitrogen and oxygen atoms in total. The van der Waals surface area contributed by atoms with Crippen molar-refractivity contribution in [3.05, 3.63) is 234 Å². The van der Waals surface area contributed by atoms with Gasteiger partial charge in [-0.2, -0.15) is 0 Å². The van der Waals surface area contributed by atoms with Crippen molar-refractivity contribution in [2.75, 3.05) is 0 Å². The fourth-order valence-electron chi connectivity index (χ4n) is 12.7. The van der Waals surface area contributed by atoms with Gasteiger partial charge in [-0.15, -0.1) is 0 Å². The van der Waals surface area contributed by atoms with Gasteiger partial charge in [-0.3, -0.25) is 52.7 Å². The van der Waals surface area contributed by atoms with E-state index in [0.29, 0.717) is 32.1 Å². The van der Waals surface area contributed by atoms with Crippen LogP contribution in [-0.4, -0.2) is 126 Å². The number of amides is 8. The Bertz CT molecular complexity index is 4680. The number of fused-ring (bicyclic) bond motifs is 2. The predicted molar refractivity (Wildman–Crippen MR) is 453 cm³/mol. The number of hydrogen-bond acceptors (Lipinski definition) is 13. The molecule has 8 aromatic carbocycles. The van der Waals surface area contributed by atoms with E-state index in [2.05, 4.69) is 47.3 Å². The van der Waals surface area contributed by atoms with Gasteiger partial charge in [-0.05, 0) is 177 Å². The minimum absolute atomic E-state index is 0.0336. The number of rotatable bonds is 37. The van der Waals surface area contributed by atoms with Crippen LogP contribution >= 0.6 is 0 Å². The summed E-state index contributed by atoms with van der Waals surface area (Å²) < 4.78 is 28.5. The van der Waals surface area contributed by atoms with E-state index in [-0.39, 0.29) is 116 Å². The van der Waals surface area contributed by atoms with Crippen molar-refractivity contribution >= 4 is 96.2 Å². The molecule has 23 heteroatoms. The number of ketones is 3. The Labute approximate surface area is 678 Å². The van der Waals surface area contributed by atoms with E-state index in [1.54, 1.807) is 32.9 Å². The monoisotopic (exact) mass is 1590 g/mol. The van der Waals surface area contributed by atoms with Crippen molar-refractivity contribution in [1.29, 1.82) is 0 Å². The van der Waals surface area contributed by atoms with Crippen LogP contribution in [0.25, 0.3) is 21.5 Å². The summed E-state index contributed by atoms with van der Waals surface area (Å²) in [6.07, 6.45) is 2.66. The number of carbonyl (C=O) groups excluding carboxylic acids is 11. The average Bonchev–Trinajstić information content (AvgIpc) is 0.837. The lowest BCUT2D eigenvalue weighted by Gasteiger charge is -2.24. The number of hydrogen-bond donors (Lipinski definition) is 9. The first-order valence-electron chi connectivity index (χ1n) is 39.4. The smallest absolute Gasteiger partial charge is 0.240 e. The van der Waals surface area contributed by atoms with Crippen LogP contribution in [0.3, 0.4) is 0 Å². The lowest BCUT2D eigenvalue weighted by Crippen LogP contribution is -2.47. The topological polar surface area (TPSA) is 330 Å². The highest BCUT2D eigenvalue weighted by Gasteiger charge is 2.30. The first-order valence-corrected chi connectivity index (χ1v) is 40.9. The van der Waals surface area contributed by atoms with Crippen molar-refractivity contribution < 1.29 is 61.2 Å². The minimum Gasteiger partial charge on any atom is -0.352 e. The third-order valence-electron chi connectivity index (χ3n) is 18.3. The SMILES string of the molecule is C[C@H](NC(=O)C[C@@H](CC(=O)NC(C)(C)C)NC(=O)CCc1ccccc1)C(=O)CCc1cccc2ccccc12.C[C@H](NC(=O)C[C@H](CC(=O)NC(C)(C)C)NC(=O)CCc1ccccc1)C(=O)Cc1ccccc1.Cc1ccc(S(=O)(=O)N[C@@H](CC(=O)N[C@@H](C)C(=O)CCc2cccc3ccccc23)CC(=O)NC(C)(C)C)cc1. The highest BCUT2D eigenvalue weighted by Crippen LogP contribution is 2.23. The van der Waals surface area contributed by atoms with E-state index in [9.17, 15) is 61.2 Å². The van der Waals surface area contributed by atoms with E-state index in [0.717, 1.165) is 54.9 Å². The van der Waals surface area contributed by atoms with E-state index in [1.165, 1.54) is 12.1 Å². The Morgan fingerprint density at radius 2 is 0.626 bits per heavy atom. The second kappa shape index (κ2) is 45.2. The Kier molecular flexibility index (Phi) is 36.4. The Balaban J connectivity index is 0.000000269. The highest BCUT2D eigenvalue weighted by molar-refractivity contribution is 7.89. The van der Waals surface area contributed by atoms with Gasteiger partial charge < -0.3 is 42.5 Å². The van der Waals surface area contributed by atoms with Gasteiger partial charge in [0.15, 0.2) is 17.3 Å². The molecule has 8 rings (SSSR count). The van der Waals surface area contributed by atoms with Gasteiger partial charge in [0.2, 0.25) is 57.3 Å². The second-order valence-corrected chi connectivity index (χ2v) is 34.2. The standard InChI is InChI=1S/C33H41N3O4.C31H39N3O5S.C28H37N3O4/c1-23(29(37)19-18-26-15-10-14-25-13-8-9-16-28(25)26)34-31(39)21-27(22-32(40)36-33(2,3)4)35-30(38)20-17-24-11-6-5-7-12-24;1-21-13-16-26(17-14-21)40(38,39)34-25(20-30(37)33-31(3,4)5)19-29(36)32-22(2)28(35)18-15-24-11-8-10-23-9-6-7-12-27(23)24;1-20(24(32)17-22-13-9-6-10-14-22)29-26(34)18-23(19-27(35)31-28(2,3)4)30-25(33)16-15-21-11-7-5-8-12-21/h5-16,23,27H,17-22H2,1-4H3,(H,34,39)(H,35,38)(H,36,40);6-14,16-17,22,25,34H,15,18-20H2,1-5H3,(H,32,36)(H,33,37);5-14,20,23H,15-19H2,1-4H3,(H,29,34)(H,30,33)(H,31,35)/t23-,27-;22-,25-;20-,23+/m000/s1. The van der Waals surface area contributed by atoms with Crippen molar-refractivity contribution in [3.8, 4) is 0 Å². The predicted octanol–water partition coefficient (Wildman–Crippen LogP) is 12.0.